The number of carbonyl (C=O) groups is 1. The topological polar surface area (TPSA) is 54.3 Å². The number of thioether (sulfide) groups is 1. The summed E-state index contributed by atoms with van der Waals surface area (Å²) in [7, 11) is 0. The van der Waals surface area contributed by atoms with E-state index in [0.717, 1.165) is 29.9 Å². The molecule has 0 aliphatic carbocycles. The zero-order chi connectivity index (χ0) is 24.2. The lowest BCUT2D eigenvalue weighted by Gasteiger charge is -2.36. The molecule has 6 nitrogen and oxygen atoms in total. The standard InChI is InChI=1S/C27H26ClN5OS/c1-20-12-13-21(18-24(20)28)26-29-30-27(33(26)23-10-6-3-7-11-23)35-19-25(34)32-16-14-31(15-17-32)22-8-4-2-5-9-22/h2-13,18H,14-17,19H2,1H3. The van der Waals surface area contributed by atoms with E-state index in [1.807, 2.05) is 83.1 Å². The highest BCUT2D eigenvalue weighted by molar-refractivity contribution is 7.99. The summed E-state index contributed by atoms with van der Waals surface area (Å²) in [5.74, 6) is 1.13. The minimum absolute atomic E-state index is 0.116. The summed E-state index contributed by atoms with van der Waals surface area (Å²) >= 11 is 7.81. The minimum Gasteiger partial charge on any atom is -0.368 e. The third-order valence-electron chi connectivity index (χ3n) is 6.16. The lowest BCUT2D eigenvalue weighted by Crippen LogP contribution is -2.49. The van der Waals surface area contributed by atoms with Crippen molar-refractivity contribution in [2.45, 2.75) is 12.1 Å². The Kier molecular flexibility index (Phi) is 7.06. The summed E-state index contributed by atoms with van der Waals surface area (Å²) in [6.07, 6.45) is 0. The first-order chi connectivity index (χ1) is 17.1. The number of benzene rings is 3. The van der Waals surface area contributed by atoms with Crippen molar-refractivity contribution in [3.63, 3.8) is 0 Å². The van der Waals surface area contributed by atoms with Crippen molar-refractivity contribution < 1.29 is 4.79 Å². The molecule has 1 aliphatic rings. The fraction of sp³-hybridized carbons (Fsp3) is 0.222. The van der Waals surface area contributed by atoms with Gasteiger partial charge in [-0.3, -0.25) is 9.36 Å². The van der Waals surface area contributed by atoms with Gasteiger partial charge in [-0.2, -0.15) is 0 Å². The number of piperazine rings is 1. The largest absolute Gasteiger partial charge is 0.368 e. The Bertz CT molecular complexity index is 1300. The number of nitrogens with zero attached hydrogens (tertiary/aromatic N) is 5. The van der Waals surface area contributed by atoms with Gasteiger partial charge >= 0.3 is 0 Å². The van der Waals surface area contributed by atoms with E-state index in [4.69, 9.17) is 11.6 Å². The van der Waals surface area contributed by atoms with Crippen LogP contribution in [0.15, 0.2) is 84.0 Å². The van der Waals surface area contributed by atoms with Gasteiger partial charge < -0.3 is 9.80 Å². The van der Waals surface area contributed by atoms with E-state index in [2.05, 4.69) is 27.2 Å². The van der Waals surface area contributed by atoms with Crippen molar-refractivity contribution >= 4 is 35.0 Å². The van der Waals surface area contributed by atoms with Crippen LogP contribution in [0.4, 0.5) is 5.69 Å². The summed E-state index contributed by atoms with van der Waals surface area (Å²) < 4.78 is 1.99. The number of rotatable bonds is 6. The smallest absolute Gasteiger partial charge is 0.233 e. The molecule has 0 bridgehead atoms. The van der Waals surface area contributed by atoms with E-state index in [9.17, 15) is 4.79 Å². The lowest BCUT2D eigenvalue weighted by molar-refractivity contribution is -0.128. The quantitative estimate of drug-likeness (QED) is 0.332. The Morgan fingerprint density at radius 3 is 2.20 bits per heavy atom. The molecule has 5 rings (SSSR count). The van der Waals surface area contributed by atoms with E-state index in [-0.39, 0.29) is 5.91 Å². The van der Waals surface area contributed by atoms with Crippen LogP contribution in [0.2, 0.25) is 5.02 Å². The minimum atomic E-state index is 0.116. The monoisotopic (exact) mass is 503 g/mol. The summed E-state index contributed by atoms with van der Waals surface area (Å²) in [6, 6.07) is 26.2. The maximum atomic E-state index is 13.0. The van der Waals surface area contributed by atoms with Gasteiger partial charge in [0.25, 0.3) is 0 Å². The van der Waals surface area contributed by atoms with Crippen LogP contribution in [0.3, 0.4) is 0 Å². The Labute approximate surface area is 214 Å². The lowest BCUT2D eigenvalue weighted by atomic mass is 10.1. The van der Waals surface area contributed by atoms with Crippen molar-refractivity contribution in [3.05, 3.63) is 89.4 Å². The first kappa shape index (κ1) is 23.5. The maximum absolute atomic E-state index is 13.0. The number of aromatic nitrogens is 3. The van der Waals surface area contributed by atoms with Crippen molar-refractivity contribution in [1.29, 1.82) is 0 Å². The van der Waals surface area contributed by atoms with Gasteiger partial charge in [0.2, 0.25) is 5.91 Å². The fourth-order valence-electron chi connectivity index (χ4n) is 4.16. The Morgan fingerprint density at radius 2 is 1.54 bits per heavy atom. The molecule has 1 fully saturated rings. The summed E-state index contributed by atoms with van der Waals surface area (Å²) in [6.45, 7) is 5.07. The van der Waals surface area contributed by atoms with Crippen LogP contribution in [0.25, 0.3) is 17.1 Å². The molecule has 0 atom stereocenters. The molecule has 1 saturated heterocycles. The van der Waals surface area contributed by atoms with Crippen molar-refractivity contribution in [3.8, 4) is 17.1 Å². The van der Waals surface area contributed by atoms with Gasteiger partial charge in [-0.15, -0.1) is 10.2 Å². The molecular formula is C27H26ClN5OS. The first-order valence-corrected chi connectivity index (χ1v) is 12.9. The number of hydrogen-bond acceptors (Lipinski definition) is 5. The molecule has 0 spiro atoms. The van der Waals surface area contributed by atoms with Crippen molar-refractivity contribution in [2.24, 2.45) is 0 Å². The van der Waals surface area contributed by atoms with Crippen LogP contribution in [-0.4, -0.2) is 57.5 Å². The van der Waals surface area contributed by atoms with Crippen LogP contribution >= 0.6 is 23.4 Å². The molecule has 4 aromatic rings. The van der Waals surface area contributed by atoms with E-state index in [1.54, 1.807) is 0 Å². The molecule has 178 valence electrons. The highest BCUT2D eigenvalue weighted by atomic mass is 35.5. The zero-order valence-corrected chi connectivity index (χ0v) is 21.0. The van der Waals surface area contributed by atoms with E-state index < -0.39 is 0 Å². The Balaban J connectivity index is 1.31. The highest BCUT2D eigenvalue weighted by Gasteiger charge is 2.23. The van der Waals surface area contributed by atoms with Gasteiger partial charge in [-0.1, -0.05) is 71.9 Å². The molecule has 8 heteroatoms. The third kappa shape index (κ3) is 5.21. The number of anilines is 1. The number of aryl methyl sites for hydroxylation is 1. The van der Waals surface area contributed by atoms with E-state index >= 15 is 0 Å². The average molecular weight is 504 g/mol. The molecule has 0 radical (unpaired) electrons. The number of amides is 1. The third-order valence-corrected chi connectivity index (χ3v) is 7.48. The van der Waals surface area contributed by atoms with Crippen LogP contribution in [0.1, 0.15) is 5.56 Å². The van der Waals surface area contributed by atoms with Crippen LogP contribution < -0.4 is 4.90 Å². The zero-order valence-electron chi connectivity index (χ0n) is 19.5. The first-order valence-electron chi connectivity index (χ1n) is 11.6. The number of hydrogen-bond donors (Lipinski definition) is 0. The number of halogens is 1. The molecule has 1 aromatic heterocycles. The van der Waals surface area contributed by atoms with Crippen molar-refractivity contribution in [2.75, 3.05) is 36.8 Å². The summed E-state index contributed by atoms with van der Waals surface area (Å²) in [4.78, 5) is 17.3. The molecule has 0 N–H and O–H groups in total. The van der Waals surface area contributed by atoms with Gasteiger partial charge in [0.1, 0.15) is 0 Å². The molecule has 3 aromatic carbocycles. The average Bonchev–Trinajstić information content (AvgIpc) is 3.34. The fourth-order valence-corrected chi connectivity index (χ4v) is 5.20. The molecule has 1 aliphatic heterocycles. The number of carbonyl (C=O) groups excluding carboxylic acids is 1. The second kappa shape index (κ2) is 10.5. The Hall–Kier alpha value is -3.29. The van der Waals surface area contributed by atoms with Crippen LogP contribution in [0.5, 0.6) is 0 Å². The molecule has 35 heavy (non-hydrogen) atoms. The highest BCUT2D eigenvalue weighted by Crippen LogP contribution is 2.30. The summed E-state index contributed by atoms with van der Waals surface area (Å²) in [5.41, 5.74) is 4.03. The second-order valence-electron chi connectivity index (χ2n) is 8.43. The molecule has 0 unspecified atom stereocenters. The second-order valence-corrected chi connectivity index (χ2v) is 9.78. The molecule has 0 saturated carbocycles. The van der Waals surface area contributed by atoms with Crippen LogP contribution in [-0.2, 0) is 4.79 Å². The SMILES string of the molecule is Cc1ccc(-c2nnc(SCC(=O)N3CCN(c4ccccc4)CC3)n2-c2ccccc2)cc1Cl. The van der Waals surface area contributed by atoms with Gasteiger partial charge in [0.05, 0.1) is 5.75 Å². The predicted molar refractivity (Wildman–Crippen MR) is 143 cm³/mol. The number of para-hydroxylation sites is 2. The van der Waals surface area contributed by atoms with E-state index in [1.165, 1.54) is 17.4 Å². The maximum Gasteiger partial charge on any atom is 0.233 e. The van der Waals surface area contributed by atoms with Gasteiger partial charge in [-0.25, -0.2) is 0 Å². The van der Waals surface area contributed by atoms with Gasteiger partial charge in [-0.05, 0) is 42.8 Å². The molecule has 1 amide bonds. The van der Waals surface area contributed by atoms with Crippen molar-refractivity contribution in [1.82, 2.24) is 19.7 Å². The summed E-state index contributed by atoms with van der Waals surface area (Å²) in [5, 5.41) is 10.3. The van der Waals surface area contributed by atoms with E-state index in [0.29, 0.717) is 34.8 Å². The van der Waals surface area contributed by atoms with Gasteiger partial charge in [0, 0.05) is 48.1 Å². The van der Waals surface area contributed by atoms with Gasteiger partial charge in [0.15, 0.2) is 11.0 Å². The Morgan fingerprint density at radius 1 is 0.886 bits per heavy atom. The predicted octanol–water partition coefficient (Wildman–Crippen LogP) is 5.34. The van der Waals surface area contributed by atoms with Crippen LogP contribution in [0, 0.1) is 6.92 Å². The normalized spacial score (nSPS) is 13.8. The molecule has 2 heterocycles. The molecular weight excluding hydrogens is 478 g/mol.